The Balaban J connectivity index is 1.52. The Bertz CT molecular complexity index is 2110. The monoisotopic (exact) mass is 589 g/mol. The molecule has 5 aromatic rings. The molecule has 6 rings (SSSR count). The van der Waals surface area contributed by atoms with Gasteiger partial charge < -0.3 is 14.8 Å². The average Bonchev–Trinajstić information content (AvgIpc) is 3.31. The van der Waals surface area contributed by atoms with E-state index in [0.717, 1.165) is 38.8 Å². The highest BCUT2D eigenvalue weighted by atomic mass is 32.1. The lowest BCUT2D eigenvalue weighted by molar-refractivity contribution is -0.113. The number of ether oxygens (including phenoxy) is 2. The van der Waals surface area contributed by atoms with Gasteiger partial charge in [-0.2, -0.15) is 0 Å². The van der Waals surface area contributed by atoms with Gasteiger partial charge in [-0.3, -0.25) is 14.2 Å². The molecule has 1 aromatic heterocycles. The van der Waals surface area contributed by atoms with Crippen molar-refractivity contribution in [3.8, 4) is 11.5 Å². The largest absolute Gasteiger partial charge is 0.497 e. The molecule has 0 unspecified atom stereocenters. The number of nitrogens with zero attached hydrogens (tertiary/aromatic N) is 2. The second-order valence-electron chi connectivity index (χ2n) is 10.5. The van der Waals surface area contributed by atoms with E-state index in [1.807, 2.05) is 106 Å². The number of carbonyl (C=O) groups is 1. The van der Waals surface area contributed by atoms with E-state index in [9.17, 15) is 9.59 Å². The molecular weight excluding hydrogens is 558 g/mol. The van der Waals surface area contributed by atoms with E-state index in [1.165, 1.54) is 11.3 Å². The van der Waals surface area contributed by atoms with Gasteiger partial charge in [0.25, 0.3) is 11.5 Å². The third kappa shape index (κ3) is 5.15. The maximum atomic E-state index is 14.2. The Kier molecular flexibility index (Phi) is 7.46. The topological polar surface area (TPSA) is 81.9 Å². The summed E-state index contributed by atoms with van der Waals surface area (Å²) < 4.78 is 13.1. The van der Waals surface area contributed by atoms with Crippen LogP contribution in [0.1, 0.15) is 35.2 Å². The van der Waals surface area contributed by atoms with Gasteiger partial charge in [-0.15, -0.1) is 0 Å². The fourth-order valence-corrected chi connectivity index (χ4v) is 6.63. The Morgan fingerprint density at radius 3 is 2.37 bits per heavy atom. The van der Waals surface area contributed by atoms with Crippen molar-refractivity contribution in [1.29, 1.82) is 0 Å². The van der Waals surface area contributed by atoms with Crippen molar-refractivity contribution in [3.05, 3.63) is 132 Å². The lowest BCUT2D eigenvalue weighted by atomic mass is 9.95. The molecule has 1 N–H and O–H groups in total. The van der Waals surface area contributed by atoms with Crippen molar-refractivity contribution >= 4 is 39.8 Å². The second kappa shape index (κ2) is 11.4. The lowest BCUT2D eigenvalue weighted by Gasteiger charge is -2.25. The number of nitrogens with one attached hydrogen (secondary N) is 1. The highest BCUT2D eigenvalue weighted by molar-refractivity contribution is 7.07. The van der Waals surface area contributed by atoms with Crippen LogP contribution in [0, 0.1) is 13.8 Å². The van der Waals surface area contributed by atoms with Crippen LogP contribution in [0.25, 0.3) is 16.8 Å². The number of aryl methyl sites for hydroxylation is 2. The predicted molar refractivity (Wildman–Crippen MR) is 172 cm³/mol. The molecule has 0 saturated heterocycles. The first-order valence-electron chi connectivity index (χ1n) is 13.9. The van der Waals surface area contributed by atoms with Gasteiger partial charge in [-0.25, -0.2) is 4.99 Å². The summed E-state index contributed by atoms with van der Waals surface area (Å²) >= 11 is 1.31. The van der Waals surface area contributed by atoms with Crippen molar-refractivity contribution in [1.82, 2.24) is 4.57 Å². The van der Waals surface area contributed by atoms with Crippen LogP contribution in [0.4, 0.5) is 5.69 Å². The Morgan fingerprint density at radius 2 is 1.67 bits per heavy atom. The SMILES string of the molecule is COc1ccc([C@@H]2C(C(=O)Nc3ccc(C)cc3C)=C(C)N=c3s/c(=C/c4ccc(OC)c5ccccc45)c(=O)n32)cc1. The van der Waals surface area contributed by atoms with Crippen molar-refractivity contribution in [2.45, 2.75) is 26.8 Å². The van der Waals surface area contributed by atoms with Crippen molar-refractivity contribution < 1.29 is 14.3 Å². The van der Waals surface area contributed by atoms with Gasteiger partial charge >= 0.3 is 0 Å². The smallest absolute Gasteiger partial charge is 0.271 e. The minimum absolute atomic E-state index is 0.214. The zero-order valence-electron chi connectivity index (χ0n) is 24.6. The van der Waals surface area contributed by atoms with Crippen molar-refractivity contribution in [2.24, 2.45) is 4.99 Å². The number of thiazole rings is 1. The summed E-state index contributed by atoms with van der Waals surface area (Å²) in [5, 5.41) is 5.01. The van der Waals surface area contributed by atoms with Gasteiger partial charge in [-0.05, 0) is 73.2 Å². The fourth-order valence-electron chi connectivity index (χ4n) is 5.60. The van der Waals surface area contributed by atoms with Gasteiger partial charge in [0, 0.05) is 11.1 Å². The van der Waals surface area contributed by atoms with Crippen LogP contribution in [-0.2, 0) is 4.79 Å². The summed E-state index contributed by atoms with van der Waals surface area (Å²) in [5.41, 5.74) is 5.22. The summed E-state index contributed by atoms with van der Waals surface area (Å²) in [6.45, 7) is 5.79. The number of methoxy groups -OCH3 is 2. The zero-order chi connectivity index (χ0) is 30.2. The molecule has 0 spiro atoms. The summed E-state index contributed by atoms with van der Waals surface area (Å²) in [6.07, 6.45) is 1.89. The molecule has 0 fully saturated rings. The van der Waals surface area contributed by atoms with E-state index < -0.39 is 6.04 Å². The van der Waals surface area contributed by atoms with Gasteiger partial charge in [0.15, 0.2) is 4.80 Å². The number of aromatic nitrogens is 1. The molecule has 0 saturated carbocycles. The quantitative estimate of drug-likeness (QED) is 0.277. The molecule has 1 amide bonds. The molecule has 43 heavy (non-hydrogen) atoms. The minimum atomic E-state index is -0.678. The van der Waals surface area contributed by atoms with Crippen LogP contribution < -0.4 is 29.7 Å². The van der Waals surface area contributed by atoms with Gasteiger partial charge in [-0.1, -0.05) is 71.5 Å². The Labute approximate surface area is 253 Å². The fraction of sp³-hybridized carbons (Fsp3) is 0.171. The van der Waals surface area contributed by atoms with E-state index in [0.29, 0.717) is 32.0 Å². The van der Waals surface area contributed by atoms with Crippen molar-refractivity contribution in [3.63, 3.8) is 0 Å². The van der Waals surface area contributed by atoms with E-state index in [2.05, 4.69) is 5.32 Å². The number of rotatable bonds is 6. The van der Waals surface area contributed by atoms with Crippen LogP contribution in [0.5, 0.6) is 11.5 Å². The van der Waals surface area contributed by atoms with Crippen LogP contribution in [-0.4, -0.2) is 24.7 Å². The van der Waals surface area contributed by atoms with E-state index >= 15 is 0 Å². The second-order valence-corrected chi connectivity index (χ2v) is 11.5. The highest BCUT2D eigenvalue weighted by Crippen LogP contribution is 2.33. The molecule has 4 aromatic carbocycles. The number of allylic oxidation sites excluding steroid dienone is 1. The number of amides is 1. The van der Waals surface area contributed by atoms with Crippen LogP contribution in [0.2, 0.25) is 0 Å². The first-order valence-corrected chi connectivity index (χ1v) is 14.7. The van der Waals surface area contributed by atoms with Crippen LogP contribution in [0.3, 0.4) is 0 Å². The summed E-state index contributed by atoms with van der Waals surface area (Å²) in [7, 11) is 3.25. The first-order chi connectivity index (χ1) is 20.8. The third-order valence-corrected chi connectivity index (χ3v) is 8.74. The maximum Gasteiger partial charge on any atom is 0.271 e. The average molecular weight is 590 g/mol. The Hall–Kier alpha value is -4.95. The van der Waals surface area contributed by atoms with Gasteiger partial charge in [0.2, 0.25) is 0 Å². The molecule has 0 aliphatic carbocycles. The molecule has 0 radical (unpaired) electrons. The molecular formula is C35H31N3O4S. The molecule has 216 valence electrons. The third-order valence-electron chi connectivity index (χ3n) is 7.75. The number of fused-ring (bicyclic) bond motifs is 2. The predicted octanol–water partition coefficient (Wildman–Crippen LogP) is 5.66. The van der Waals surface area contributed by atoms with E-state index in [1.54, 1.807) is 18.8 Å². The highest BCUT2D eigenvalue weighted by Gasteiger charge is 2.32. The summed E-state index contributed by atoms with van der Waals surface area (Å²) in [4.78, 5) is 33.5. The van der Waals surface area contributed by atoms with Crippen LogP contribution in [0.15, 0.2) is 99.9 Å². The molecule has 1 atom stereocenters. The van der Waals surface area contributed by atoms with E-state index in [4.69, 9.17) is 14.5 Å². The van der Waals surface area contributed by atoms with E-state index in [-0.39, 0.29) is 11.5 Å². The number of hydrogen-bond acceptors (Lipinski definition) is 6. The molecule has 1 aliphatic rings. The minimum Gasteiger partial charge on any atom is -0.497 e. The molecule has 7 nitrogen and oxygen atoms in total. The van der Waals surface area contributed by atoms with Gasteiger partial charge in [0.05, 0.1) is 36.1 Å². The number of anilines is 1. The Morgan fingerprint density at radius 1 is 0.930 bits per heavy atom. The number of benzene rings is 4. The lowest BCUT2D eigenvalue weighted by Crippen LogP contribution is -2.40. The number of hydrogen-bond donors (Lipinski definition) is 1. The summed E-state index contributed by atoms with van der Waals surface area (Å²) in [5.74, 6) is 1.15. The van der Waals surface area contributed by atoms with Crippen LogP contribution >= 0.6 is 11.3 Å². The molecule has 2 heterocycles. The standard InChI is InChI=1S/C35H31N3O4S/c1-20-10-16-28(21(2)18-20)37-33(39)31-22(3)36-35-38(32(31)23-11-14-25(41-4)15-12-23)34(40)30(43-35)19-24-13-17-29(42-5)27-9-7-6-8-26(24)27/h6-19,32H,1-5H3,(H,37,39)/b30-19+/t32-/m1/s1. The normalized spacial score (nSPS) is 14.8. The zero-order valence-corrected chi connectivity index (χ0v) is 25.4. The summed E-state index contributed by atoms with van der Waals surface area (Å²) in [6, 6.07) is 24.5. The molecule has 8 heteroatoms. The number of carbonyl (C=O) groups excluding carboxylic acids is 1. The van der Waals surface area contributed by atoms with Gasteiger partial charge in [0.1, 0.15) is 11.5 Å². The molecule has 1 aliphatic heterocycles. The maximum absolute atomic E-state index is 14.2. The first kappa shape index (κ1) is 28.2. The molecule has 0 bridgehead atoms. The van der Waals surface area contributed by atoms with Crippen molar-refractivity contribution in [2.75, 3.05) is 19.5 Å².